The van der Waals surface area contributed by atoms with Gasteiger partial charge in [0.05, 0.1) is 6.42 Å². The molecule has 146 valence electrons. The predicted octanol–water partition coefficient (Wildman–Crippen LogP) is 3.04. The zero-order valence-electron chi connectivity index (χ0n) is 16.0. The number of hydrogen-bond donors (Lipinski definition) is 3. The first-order valence-electron chi connectivity index (χ1n) is 8.90. The van der Waals surface area contributed by atoms with Gasteiger partial charge in [0.2, 0.25) is 0 Å². The number of aryl methyl sites for hydroxylation is 2. The third-order valence-electron chi connectivity index (χ3n) is 4.15. The number of aliphatic carboxylic acids is 2. The predicted molar refractivity (Wildman–Crippen MR) is 101 cm³/mol. The van der Waals surface area contributed by atoms with Crippen LogP contribution in [0, 0.1) is 19.8 Å². The molecule has 0 aliphatic rings. The number of benzene rings is 1. The molecule has 3 N–H and O–H groups in total. The van der Waals surface area contributed by atoms with E-state index in [1.54, 1.807) is 0 Å². The van der Waals surface area contributed by atoms with Gasteiger partial charge >= 0.3 is 11.9 Å². The van der Waals surface area contributed by atoms with Gasteiger partial charge in [0.15, 0.2) is 5.89 Å². The summed E-state index contributed by atoms with van der Waals surface area (Å²) in [6.45, 7) is 7.75. The summed E-state index contributed by atoms with van der Waals surface area (Å²) in [6, 6.07) is 3.96. The Bertz CT molecular complexity index is 792. The molecule has 0 saturated heterocycles. The van der Waals surface area contributed by atoms with E-state index in [0.717, 1.165) is 16.7 Å². The van der Waals surface area contributed by atoms with E-state index in [2.05, 4.69) is 16.4 Å². The summed E-state index contributed by atoms with van der Waals surface area (Å²) in [5.41, 5.74) is 3.71. The Morgan fingerprint density at radius 3 is 2.19 bits per heavy atom. The molecule has 7 heteroatoms. The van der Waals surface area contributed by atoms with Crippen LogP contribution in [-0.4, -0.2) is 39.2 Å². The van der Waals surface area contributed by atoms with Crippen LogP contribution in [0.1, 0.15) is 37.3 Å². The standard InChI is InChI=1S/C20H26N2O5/c1-11(2)5-15(19(23)24)21-16(20(25)26)9-18-22-17(10-27-18)14-7-12(3)6-13(4)8-14/h6-8,10-11,15-16,21H,5,9H2,1-4H3,(H,23,24)(H,25,26)/t15-,16-/m0/s1. The topological polar surface area (TPSA) is 113 Å². The zero-order valence-corrected chi connectivity index (χ0v) is 16.0. The van der Waals surface area contributed by atoms with Crippen molar-refractivity contribution < 1.29 is 24.2 Å². The van der Waals surface area contributed by atoms with Gasteiger partial charge in [0, 0.05) is 5.56 Å². The zero-order chi connectivity index (χ0) is 20.1. The van der Waals surface area contributed by atoms with E-state index in [4.69, 9.17) is 4.42 Å². The molecule has 0 spiro atoms. The minimum Gasteiger partial charge on any atom is -0.480 e. The van der Waals surface area contributed by atoms with E-state index < -0.39 is 24.0 Å². The van der Waals surface area contributed by atoms with Gasteiger partial charge < -0.3 is 14.6 Å². The van der Waals surface area contributed by atoms with E-state index in [0.29, 0.717) is 12.1 Å². The minimum atomic E-state index is -1.14. The second kappa shape index (κ2) is 8.81. The minimum absolute atomic E-state index is 0.0397. The maximum absolute atomic E-state index is 11.6. The Morgan fingerprint density at radius 1 is 1.07 bits per heavy atom. The molecule has 1 heterocycles. The van der Waals surface area contributed by atoms with E-state index in [1.165, 1.54) is 6.26 Å². The second-order valence-corrected chi connectivity index (χ2v) is 7.28. The van der Waals surface area contributed by atoms with Crippen molar-refractivity contribution in [1.82, 2.24) is 10.3 Å². The second-order valence-electron chi connectivity index (χ2n) is 7.28. The number of carboxylic acid groups (broad SMARTS) is 2. The molecule has 0 radical (unpaired) electrons. The molecule has 0 aliphatic carbocycles. The van der Waals surface area contributed by atoms with E-state index in [-0.39, 0.29) is 18.2 Å². The monoisotopic (exact) mass is 374 g/mol. The van der Waals surface area contributed by atoms with Crippen LogP contribution in [0.15, 0.2) is 28.9 Å². The molecule has 0 saturated carbocycles. The average molecular weight is 374 g/mol. The van der Waals surface area contributed by atoms with Gasteiger partial charge in [0.1, 0.15) is 24.0 Å². The lowest BCUT2D eigenvalue weighted by Gasteiger charge is -2.20. The van der Waals surface area contributed by atoms with Crippen LogP contribution in [0.2, 0.25) is 0 Å². The van der Waals surface area contributed by atoms with Crippen molar-refractivity contribution in [2.75, 3.05) is 0 Å². The summed E-state index contributed by atoms with van der Waals surface area (Å²) in [6.07, 6.45) is 1.78. The summed E-state index contributed by atoms with van der Waals surface area (Å²) >= 11 is 0. The Hall–Kier alpha value is -2.67. The lowest BCUT2D eigenvalue weighted by Crippen LogP contribution is -2.48. The van der Waals surface area contributed by atoms with Gasteiger partial charge in [-0.25, -0.2) is 4.98 Å². The van der Waals surface area contributed by atoms with Crippen molar-refractivity contribution in [2.24, 2.45) is 5.92 Å². The smallest absolute Gasteiger partial charge is 0.321 e. The highest BCUT2D eigenvalue weighted by Crippen LogP contribution is 2.22. The summed E-state index contributed by atoms with van der Waals surface area (Å²) in [5, 5.41) is 21.5. The molecule has 0 fully saturated rings. The maximum Gasteiger partial charge on any atom is 0.321 e. The number of hydrogen-bond acceptors (Lipinski definition) is 5. The molecule has 0 amide bonds. The van der Waals surface area contributed by atoms with E-state index >= 15 is 0 Å². The Balaban J connectivity index is 2.16. The molecule has 1 aromatic heterocycles. The summed E-state index contributed by atoms with van der Waals surface area (Å²) in [4.78, 5) is 27.4. The third kappa shape index (κ3) is 5.92. The summed E-state index contributed by atoms with van der Waals surface area (Å²) in [5.74, 6) is -1.85. The molecule has 1 aromatic carbocycles. The molecule has 0 bridgehead atoms. The number of nitrogens with zero attached hydrogens (tertiary/aromatic N) is 1. The number of oxazole rings is 1. The normalized spacial score (nSPS) is 13.5. The molecule has 2 rings (SSSR count). The van der Waals surface area contributed by atoms with Crippen LogP contribution in [0.4, 0.5) is 0 Å². The molecular formula is C20H26N2O5. The Kier molecular flexibility index (Phi) is 6.74. The van der Waals surface area contributed by atoms with Crippen molar-refractivity contribution >= 4 is 11.9 Å². The first kappa shape index (κ1) is 20.6. The van der Waals surface area contributed by atoms with Crippen molar-refractivity contribution in [3.05, 3.63) is 41.5 Å². The van der Waals surface area contributed by atoms with Gasteiger partial charge in [-0.2, -0.15) is 0 Å². The first-order valence-corrected chi connectivity index (χ1v) is 8.90. The van der Waals surface area contributed by atoms with E-state index in [1.807, 2.05) is 39.8 Å². The lowest BCUT2D eigenvalue weighted by atomic mass is 10.0. The molecule has 0 unspecified atom stereocenters. The van der Waals surface area contributed by atoms with Crippen LogP contribution in [0.3, 0.4) is 0 Å². The summed E-state index contributed by atoms with van der Waals surface area (Å²) in [7, 11) is 0. The number of rotatable bonds is 9. The van der Waals surface area contributed by atoms with Crippen LogP contribution < -0.4 is 5.32 Å². The summed E-state index contributed by atoms with van der Waals surface area (Å²) < 4.78 is 5.44. The number of carboxylic acids is 2. The van der Waals surface area contributed by atoms with Crippen molar-refractivity contribution in [2.45, 2.75) is 52.6 Å². The van der Waals surface area contributed by atoms with Crippen LogP contribution in [0.25, 0.3) is 11.3 Å². The molecular weight excluding hydrogens is 348 g/mol. The van der Waals surface area contributed by atoms with Gasteiger partial charge in [-0.05, 0) is 38.3 Å². The van der Waals surface area contributed by atoms with Gasteiger partial charge in [-0.3, -0.25) is 14.9 Å². The lowest BCUT2D eigenvalue weighted by molar-refractivity contribution is -0.143. The fourth-order valence-corrected chi connectivity index (χ4v) is 3.01. The number of carbonyl (C=O) groups is 2. The van der Waals surface area contributed by atoms with Crippen LogP contribution in [0.5, 0.6) is 0 Å². The molecule has 27 heavy (non-hydrogen) atoms. The Labute approximate surface area is 158 Å². The van der Waals surface area contributed by atoms with Crippen LogP contribution in [-0.2, 0) is 16.0 Å². The van der Waals surface area contributed by atoms with Gasteiger partial charge in [-0.1, -0.05) is 31.0 Å². The average Bonchev–Trinajstić information content (AvgIpc) is 3.00. The number of nitrogens with one attached hydrogen (secondary N) is 1. The van der Waals surface area contributed by atoms with Crippen molar-refractivity contribution in [3.63, 3.8) is 0 Å². The molecule has 2 atom stereocenters. The third-order valence-corrected chi connectivity index (χ3v) is 4.15. The molecule has 7 nitrogen and oxygen atoms in total. The van der Waals surface area contributed by atoms with Crippen LogP contribution >= 0.6 is 0 Å². The first-order chi connectivity index (χ1) is 12.7. The van der Waals surface area contributed by atoms with Crippen molar-refractivity contribution in [1.29, 1.82) is 0 Å². The van der Waals surface area contributed by atoms with Crippen molar-refractivity contribution in [3.8, 4) is 11.3 Å². The SMILES string of the molecule is Cc1cc(C)cc(-c2coc(C[C@H](N[C@@H](CC(C)C)C(=O)O)C(=O)O)n2)c1. The van der Waals surface area contributed by atoms with E-state index in [9.17, 15) is 19.8 Å². The highest BCUT2D eigenvalue weighted by molar-refractivity contribution is 5.77. The fraction of sp³-hybridized carbons (Fsp3) is 0.450. The largest absolute Gasteiger partial charge is 0.480 e. The van der Waals surface area contributed by atoms with Gasteiger partial charge in [-0.15, -0.1) is 0 Å². The quantitative estimate of drug-likeness (QED) is 0.618. The highest BCUT2D eigenvalue weighted by Gasteiger charge is 2.28. The maximum atomic E-state index is 11.6. The Morgan fingerprint density at radius 2 is 1.67 bits per heavy atom. The molecule has 2 aromatic rings. The van der Waals surface area contributed by atoms with Gasteiger partial charge in [0.25, 0.3) is 0 Å². The number of aromatic nitrogens is 1. The molecule has 0 aliphatic heterocycles. The highest BCUT2D eigenvalue weighted by atomic mass is 16.4. The fourth-order valence-electron chi connectivity index (χ4n) is 3.01.